The van der Waals surface area contributed by atoms with Crippen LogP contribution in [-0.2, 0) is 9.53 Å². The summed E-state index contributed by atoms with van der Waals surface area (Å²) in [5.41, 5.74) is 0. The van der Waals surface area contributed by atoms with Crippen molar-refractivity contribution in [1.82, 2.24) is 0 Å². The van der Waals surface area contributed by atoms with E-state index in [1.54, 1.807) is 0 Å². The van der Waals surface area contributed by atoms with E-state index in [0.717, 1.165) is 12.2 Å². The number of carbonyl (C=O) groups is 1. The summed E-state index contributed by atoms with van der Waals surface area (Å²) in [6.07, 6.45) is -0.807. The molecule has 3 N–H and O–H groups in total. The van der Waals surface area contributed by atoms with Crippen molar-refractivity contribution in [2.45, 2.75) is 12.4 Å². The minimum Gasteiger partial charge on any atom is -0.479 e. The van der Waals surface area contributed by atoms with Crippen molar-refractivity contribution in [3.8, 4) is 0 Å². The molecule has 0 radical (unpaired) electrons. The quantitative estimate of drug-likeness (QED) is 0.363. The first kappa shape index (κ1) is 10.1. The van der Waals surface area contributed by atoms with Gasteiger partial charge in [-0.05, 0) is 12.2 Å². The number of methoxy groups -OCH3 is 1. The number of hydrogen-bond acceptors (Lipinski definition) is 4. The van der Waals surface area contributed by atoms with Crippen LogP contribution in [0, 0.1) is 0 Å². The van der Waals surface area contributed by atoms with Crippen LogP contribution in [0.5, 0.6) is 0 Å². The maximum absolute atomic E-state index is 9.98. The summed E-state index contributed by atoms with van der Waals surface area (Å²) in [6.45, 7) is 0. The molecule has 64 valence electrons. The number of carboxylic acids is 1. The molecule has 0 aromatic heterocycles. The Bertz CT molecular complexity index is 153. The van der Waals surface area contributed by atoms with Crippen molar-refractivity contribution < 1.29 is 24.9 Å². The summed E-state index contributed by atoms with van der Waals surface area (Å²) in [5, 5.41) is 25.4. The first-order valence-corrected chi connectivity index (χ1v) is 2.88. The Morgan fingerprint density at radius 3 is 2.36 bits per heavy atom. The fourth-order valence-electron chi connectivity index (χ4n) is 0.361. The van der Waals surface area contributed by atoms with Gasteiger partial charge in [0.2, 0.25) is 0 Å². The molecule has 11 heavy (non-hydrogen) atoms. The summed E-state index contributed by atoms with van der Waals surface area (Å²) >= 11 is 0. The molecule has 0 heterocycles. The van der Waals surface area contributed by atoms with Crippen LogP contribution >= 0.6 is 0 Å². The minimum absolute atomic E-state index is 0.927. The lowest BCUT2D eigenvalue weighted by Gasteiger charge is -2.01. The maximum Gasteiger partial charge on any atom is 0.336 e. The number of carboxylic acid groups (broad SMARTS) is 1. The molecule has 2 atom stereocenters. The van der Waals surface area contributed by atoms with E-state index in [9.17, 15) is 4.79 Å². The van der Waals surface area contributed by atoms with Gasteiger partial charge in [-0.25, -0.2) is 4.79 Å². The van der Waals surface area contributed by atoms with Gasteiger partial charge in [0.05, 0.1) is 0 Å². The molecular formula is C6H10O5. The molecule has 0 aliphatic carbocycles. The molecule has 0 rings (SSSR count). The highest BCUT2D eigenvalue weighted by atomic mass is 16.6. The number of aliphatic carboxylic acids is 1. The van der Waals surface area contributed by atoms with E-state index >= 15 is 0 Å². The lowest BCUT2D eigenvalue weighted by Crippen LogP contribution is -2.17. The van der Waals surface area contributed by atoms with E-state index < -0.39 is 18.4 Å². The Hall–Kier alpha value is -0.910. The van der Waals surface area contributed by atoms with Crippen molar-refractivity contribution in [1.29, 1.82) is 0 Å². The highest BCUT2D eigenvalue weighted by Crippen LogP contribution is 1.90. The lowest BCUT2D eigenvalue weighted by molar-refractivity contribution is -0.144. The van der Waals surface area contributed by atoms with E-state index in [1.807, 2.05) is 0 Å². The van der Waals surface area contributed by atoms with E-state index in [1.165, 1.54) is 7.11 Å². The van der Waals surface area contributed by atoms with Crippen LogP contribution in [0.15, 0.2) is 12.2 Å². The van der Waals surface area contributed by atoms with Crippen molar-refractivity contribution >= 4 is 5.97 Å². The van der Waals surface area contributed by atoms with Crippen LogP contribution in [-0.4, -0.2) is 40.8 Å². The smallest absolute Gasteiger partial charge is 0.336 e. The van der Waals surface area contributed by atoms with Crippen molar-refractivity contribution in [2.75, 3.05) is 7.11 Å². The van der Waals surface area contributed by atoms with Gasteiger partial charge >= 0.3 is 5.97 Å². The average molecular weight is 162 g/mol. The zero-order valence-corrected chi connectivity index (χ0v) is 5.97. The molecule has 0 aromatic rings. The maximum atomic E-state index is 9.98. The predicted molar refractivity (Wildman–Crippen MR) is 35.8 cm³/mol. The van der Waals surface area contributed by atoms with E-state index in [4.69, 9.17) is 15.3 Å². The number of ether oxygens (including phenoxy) is 1. The molecule has 0 aromatic carbocycles. The Kier molecular flexibility index (Phi) is 4.44. The first-order valence-electron chi connectivity index (χ1n) is 2.88. The van der Waals surface area contributed by atoms with Gasteiger partial charge in [-0.15, -0.1) is 0 Å². The van der Waals surface area contributed by atoms with Gasteiger partial charge in [0.15, 0.2) is 12.4 Å². The van der Waals surface area contributed by atoms with Gasteiger partial charge in [-0.1, -0.05) is 0 Å². The standard InChI is InChI=1S/C6H10O5/c1-11-5(8)3-2-4(7)6(9)10/h2-5,7-8H,1H3,(H,9,10)/b3-2+. The molecule has 0 saturated heterocycles. The third-order valence-corrected chi connectivity index (χ3v) is 0.953. The molecule has 0 spiro atoms. The summed E-state index contributed by atoms with van der Waals surface area (Å²) < 4.78 is 4.35. The van der Waals surface area contributed by atoms with Crippen molar-refractivity contribution in [2.24, 2.45) is 0 Å². The van der Waals surface area contributed by atoms with E-state index in [2.05, 4.69) is 4.74 Å². The fourth-order valence-corrected chi connectivity index (χ4v) is 0.361. The molecule has 5 heteroatoms. The summed E-state index contributed by atoms with van der Waals surface area (Å²) in [4.78, 5) is 9.98. The van der Waals surface area contributed by atoms with E-state index in [0.29, 0.717) is 0 Å². The molecule has 0 fully saturated rings. The zero-order chi connectivity index (χ0) is 8.85. The lowest BCUT2D eigenvalue weighted by atomic mass is 10.3. The minimum atomic E-state index is -1.60. The summed E-state index contributed by atoms with van der Waals surface area (Å²) in [7, 11) is 1.25. The summed E-state index contributed by atoms with van der Waals surface area (Å²) in [6, 6.07) is 0. The second kappa shape index (κ2) is 4.84. The largest absolute Gasteiger partial charge is 0.479 e. The third-order valence-electron chi connectivity index (χ3n) is 0.953. The number of rotatable bonds is 4. The number of aliphatic hydroxyl groups excluding tert-OH is 2. The second-order valence-corrected chi connectivity index (χ2v) is 1.79. The Labute approximate surface area is 63.5 Å². The topological polar surface area (TPSA) is 87.0 Å². The molecular weight excluding hydrogens is 152 g/mol. The summed E-state index contributed by atoms with van der Waals surface area (Å²) in [5.74, 6) is -1.37. The molecule has 0 bridgehead atoms. The molecule has 0 amide bonds. The van der Waals surface area contributed by atoms with E-state index in [-0.39, 0.29) is 0 Å². The van der Waals surface area contributed by atoms with Gasteiger partial charge in [-0.3, -0.25) is 0 Å². The zero-order valence-electron chi connectivity index (χ0n) is 5.97. The molecule has 0 aliphatic heterocycles. The predicted octanol–water partition coefficient (Wildman–Crippen LogP) is -1.05. The van der Waals surface area contributed by atoms with Gasteiger partial charge in [0.25, 0.3) is 0 Å². The molecule has 0 aliphatic rings. The Balaban J connectivity index is 3.82. The molecule has 2 unspecified atom stereocenters. The third kappa shape index (κ3) is 4.49. The second-order valence-electron chi connectivity index (χ2n) is 1.79. The number of hydrogen-bond donors (Lipinski definition) is 3. The van der Waals surface area contributed by atoms with Gasteiger partial charge in [0.1, 0.15) is 0 Å². The molecule has 5 nitrogen and oxygen atoms in total. The van der Waals surface area contributed by atoms with Gasteiger partial charge < -0.3 is 20.1 Å². The van der Waals surface area contributed by atoms with Crippen molar-refractivity contribution in [3.63, 3.8) is 0 Å². The van der Waals surface area contributed by atoms with Crippen LogP contribution in [0.25, 0.3) is 0 Å². The monoisotopic (exact) mass is 162 g/mol. The van der Waals surface area contributed by atoms with Crippen LogP contribution in [0.4, 0.5) is 0 Å². The van der Waals surface area contributed by atoms with Crippen LogP contribution in [0.2, 0.25) is 0 Å². The van der Waals surface area contributed by atoms with Crippen LogP contribution in [0.3, 0.4) is 0 Å². The van der Waals surface area contributed by atoms with Gasteiger partial charge in [-0.2, -0.15) is 0 Å². The van der Waals surface area contributed by atoms with Crippen LogP contribution < -0.4 is 0 Å². The first-order chi connectivity index (χ1) is 5.07. The number of aliphatic hydroxyl groups is 2. The fraction of sp³-hybridized carbons (Fsp3) is 0.500. The Morgan fingerprint density at radius 1 is 1.45 bits per heavy atom. The van der Waals surface area contributed by atoms with Gasteiger partial charge in [0, 0.05) is 7.11 Å². The van der Waals surface area contributed by atoms with Crippen molar-refractivity contribution in [3.05, 3.63) is 12.2 Å². The SMILES string of the molecule is COC(O)/C=C/C(O)C(=O)O. The highest BCUT2D eigenvalue weighted by molar-refractivity contribution is 5.74. The normalized spacial score (nSPS) is 16.6. The average Bonchev–Trinajstić information content (AvgIpc) is 1.99. The van der Waals surface area contributed by atoms with Crippen LogP contribution in [0.1, 0.15) is 0 Å². The molecule has 0 saturated carbocycles. The highest BCUT2D eigenvalue weighted by Gasteiger charge is 2.08. The Morgan fingerprint density at radius 2 is 2.00 bits per heavy atom.